The lowest BCUT2D eigenvalue weighted by Crippen LogP contribution is -2.06. The van der Waals surface area contributed by atoms with Gasteiger partial charge in [-0.05, 0) is 17.7 Å². The van der Waals surface area contributed by atoms with Gasteiger partial charge in [0.25, 0.3) is 5.78 Å². The van der Waals surface area contributed by atoms with Gasteiger partial charge in [-0.1, -0.05) is 35.5 Å². The molecular formula is C10H9ClN6S. The number of nitrogens with zero attached hydrogens (tertiary/aromatic N) is 5. The first kappa shape index (κ1) is 11.4. The minimum Gasteiger partial charge on any atom is -0.335 e. The van der Waals surface area contributed by atoms with Gasteiger partial charge in [0.1, 0.15) is 6.33 Å². The highest BCUT2D eigenvalue weighted by molar-refractivity contribution is 7.98. The van der Waals surface area contributed by atoms with E-state index >= 15 is 0 Å². The Bertz CT molecular complexity index is 673. The average molecular weight is 281 g/mol. The molecule has 0 aliphatic carbocycles. The summed E-state index contributed by atoms with van der Waals surface area (Å²) in [6.45, 7) is 0. The van der Waals surface area contributed by atoms with Crippen molar-refractivity contribution in [2.75, 3.05) is 5.84 Å². The smallest absolute Gasteiger partial charge is 0.273 e. The van der Waals surface area contributed by atoms with Crippen molar-refractivity contribution in [3.8, 4) is 0 Å². The molecule has 3 rings (SSSR count). The molecular weight excluding hydrogens is 272 g/mol. The van der Waals surface area contributed by atoms with Crippen LogP contribution in [0.5, 0.6) is 0 Å². The Hall–Kier alpha value is -1.73. The van der Waals surface area contributed by atoms with E-state index in [2.05, 4.69) is 15.3 Å². The highest BCUT2D eigenvalue weighted by Crippen LogP contribution is 2.21. The van der Waals surface area contributed by atoms with E-state index in [0.717, 1.165) is 16.3 Å². The molecule has 3 aromatic rings. The summed E-state index contributed by atoms with van der Waals surface area (Å²) in [5, 5.41) is 13.5. The van der Waals surface area contributed by atoms with Gasteiger partial charge in [0.2, 0.25) is 5.16 Å². The first-order chi connectivity index (χ1) is 8.74. The summed E-state index contributed by atoms with van der Waals surface area (Å²) in [6.07, 6.45) is 1.50. The quantitative estimate of drug-likeness (QED) is 0.582. The van der Waals surface area contributed by atoms with Crippen LogP contribution in [0, 0.1) is 0 Å². The molecule has 92 valence electrons. The summed E-state index contributed by atoms with van der Waals surface area (Å²) in [5.74, 6) is 6.92. The van der Waals surface area contributed by atoms with Crippen molar-refractivity contribution >= 4 is 29.1 Å². The van der Waals surface area contributed by atoms with Crippen molar-refractivity contribution < 1.29 is 0 Å². The molecule has 0 unspecified atom stereocenters. The first-order valence-corrected chi connectivity index (χ1v) is 6.51. The van der Waals surface area contributed by atoms with E-state index in [4.69, 9.17) is 17.4 Å². The summed E-state index contributed by atoms with van der Waals surface area (Å²) < 4.78 is 2.94. The number of benzene rings is 1. The van der Waals surface area contributed by atoms with Crippen molar-refractivity contribution in [2.24, 2.45) is 0 Å². The van der Waals surface area contributed by atoms with Crippen LogP contribution in [0.25, 0.3) is 5.78 Å². The van der Waals surface area contributed by atoms with E-state index in [1.165, 1.54) is 11.0 Å². The molecule has 0 atom stereocenters. The van der Waals surface area contributed by atoms with Gasteiger partial charge in [0, 0.05) is 10.8 Å². The minimum atomic E-state index is 0.522. The van der Waals surface area contributed by atoms with Crippen LogP contribution in [-0.4, -0.2) is 24.5 Å². The lowest BCUT2D eigenvalue weighted by atomic mass is 10.2. The van der Waals surface area contributed by atoms with Crippen molar-refractivity contribution in [1.82, 2.24) is 24.5 Å². The Morgan fingerprint density at radius 3 is 2.78 bits per heavy atom. The fourth-order valence-corrected chi connectivity index (χ4v) is 2.46. The molecule has 0 saturated carbocycles. The number of thioether (sulfide) groups is 1. The van der Waals surface area contributed by atoms with Crippen molar-refractivity contribution in [3.63, 3.8) is 0 Å². The minimum absolute atomic E-state index is 0.522. The first-order valence-electron chi connectivity index (χ1n) is 5.15. The van der Waals surface area contributed by atoms with Crippen molar-refractivity contribution in [1.29, 1.82) is 0 Å². The molecule has 0 fully saturated rings. The summed E-state index contributed by atoms with van der Waals surface area (Å²) >= 11 is 7.38. The molecule has 0 aliphatic rings. The van der Waals surface area contributed by atoms with Gasteiger partial charge in [-0.3, -0.25) is 0 Å². The molecule has 0 bridgehead atoms. The summed E-state index contributed by atoms with van der Waals surface area (Å²) in [4.78, 5) is 0. The summed E-state index contributed by atoms with van der Waals surface area (Å²) in [5.41, 5.74) is 1.16. The fourth-order valence-electron chi connectivity index (χ4n) is 1.50. The van der Waals surface area contributed by atoms with Crippen molar-refractivity contribution in [2.45, 2.75) is 10.9 Å². The highest BCUT2D eigenvalue weighted by Gasteiger charge is 2.10. The topological polar surface area (TPSA) is 74.0 Å². The van der Waals surface area contributed by atoms with Gasteiger partial charge < -0.3 is 5.84 Å². The molecule has 1 aromatic carbocycles. The molecule has 0 spiro atoms. The Labute approximate surface area is 112 Å². The largest absolute Gasteiger partial charge is 0.335 e. The molecule has 0 saturated heterocycles. The van der Waals surface area contributed by atoms with Crippen LogP contribution in [0.15, 0.2) is 35.7 Å². The zero-order chi connectivity index (χ0) is 12.5. The van der Waals surface area contributed by atoms with Crippen LogP contribution in [0.3, 0.4) is 0 Å². The highest BCUT2D eigenvalue weighted by atomic mass is 35.5. The third kappa shape index (κ3) is 2.02. The second-order valence-corrected chi connectivity index (χ2v) is 5.03. The van der Waals surface area contributed by atoms with Gasteiger partial charge in [-0.25, -0.2) is 4.68 Å². The van der Waals surface area contributed by atoms with Crippen LogP contribution in [0.2, 0.25) is 5.02 Å². The zero-order valence-electron chi connectivity index (χ0n) is 9.19. The van der Waals surface area contributed by atoms with Crippen LogP contribution in [0.1, 0.15) is 5.56 Å². The maximum atomic E-state index is 5.83. The van der Waals surface area contributed by atoms with E-state index in [0.29, 0.717) is 10.9 Å². The number of hydrogen-bond acceptors (Lipinski definition) is 5. The molecule has 2 heterocycles. The van der Waals surface area contributed by atoms with Crippen molar-refractivity contribution in [3.05, 3.63) is 41.2 Å². The number of hydrogen-bond donors (Lipinski definition) is 1. The van der Waals surface area contributed by atoms with Crippen LogP contribution in [0.4, 0.5) is 0 Å². The van der Waals surface area contributed by atoms with E-state index in [9.17, 15) is 0 Å². The lowest BCUT2D eigenvalue weighted by molar-refractivity contribution is 0.819. The standard InChI is InChI=1S/C10H9ClN6S/c11-8-3-1-7(2-4-8)5-18-10-15-14-9-16(12)6-13-17(9)10/h1-4,6H,5,12H2. The lowest BCUT2D eigenvalue weighted by Gasteiger charge is -1.99. The van der Waals surface area contributed by atoms with Gasteiger partial charge in [-0.2, -0.15) is 9.61 Å². The van der Waals surface area contributed by atoms with Gasteiger partial charge in [-0.15, -0.1) is 10.2 Å². The number of nitrogen functional groups attached to an aromatic ring is 1. The summed E-state index contributed by atoms with van der Waals surface area (Å²) in [6, 6.07) is 7.70. The molecule has 0 radical (unpaired) electrons. The second kappa shape index (κ2) is 4.51. The Balaban J connectivity index is 1.78. The normalized spacial score (nSPS) is 11.2. The number of halogens is 1. The van der Waals surface area contributed by atoms with Gasteiger partial charge in [0.05, 0.1) is 0 Å². The second-order valence-electron chi connectivity index (χ2n) is 3.65. The maximum absolute atomic E-state index is 5.83. The monoisotopic (exact) mass is 280 g/mol. The van der Waals surface area contributed by atoms with Crippen LogP contribution < -0.4 is 5.84 Å². The predicted molar refractivity (Wildman–Crippen MR) is 69.9 cm³/mol. The van der Waals surface area contributed by atoms with E-state index in [1.807, 2.05) is 24.3 Å². The SMILES string of the molecule is Nn1cnn2c(SCc3ccc(Cl)cc3)nnc12. The number of nitrogens with two attached hydrogens (primary N) is 1. The van der Waals surface area contributed by atoms with E-state index in [-0.39, 0.29) is 0 Å². The van der Waals surface area contributed by atoms with Crippen LogP contribution in [-0.2, 0) is 5.75 Å². The average Bonchev–Trinajstić information content (AvgIpc) is 2.93. The van der Waals surface area contributed by atoms with E-state index in [1.54, 1.807) is 16.3 Å². The number of rotatable bonds is 3. The number of aromatic nitrogens is 5. The molecule has 6 nitrogen and oxygen atoms in total. The molecule has 8 heteroatoms. The Kier molecular flexibility index (Phi) is 2.85. The summed E-state index contributed by atoms with van der Waals surface area (Å²) in [7, 11) is 0. The molecule has 0 aliphatic heterocycles. The van der Waals surface area contributed by atoms with Gasteiger partial charge >= 0.3 is 0 Å². The predicted octanol–water partition coefficient (Wildman–Crippen LogP) is 1.59. The molecule has 18 heavy (non-hydrogen) atoms. The molecule has 0 amide bonds. The zero-order valence-corrected chi connectivity index (χ0v) is 10.8. The molecule has 2 N–H and O–H groups in total. The number of fused-ring (bicyclic) bond motifs is 1. The van der Waals surface area contributed by atoms with Crippen LogP contribution >= 0.6 is 23.4 Å². The van der Waals surface area contributed by atoms with E-state index < -0.39 is 0 Å². The Morgan fingerprint density at radius 1 is 1.22 bits per heavy atom. The molecule has 2 aromatic heterocycles. The third-order valence-electron chi connectivity index (χ3n) is 2.40. The third-order valence-corrected chi connectivity index (χ3v) is 3.64. The van der Waals surface area contributed by atoms with Gasteiger partial charge in [0.15, 0.2) is 0 Å². The maximum Gasteiger partial charge on any atom is 0.273 e. The fraction of sp³-hybridized carbons (Fsp3) is 0.100. The Morgan fingerprint density at radius 2 is 2.00 bits per heavy atom.